The van der Waals surface area contributed by atoms with Crippen molar-refractivity contribution in [1.82, 2.24) is 4.98 Å². The zero-order valence-corrected chi connectivity index (χ0v) is 9.03. The van der Waals surface area contributed by atoms with Crippen LogP contribution >= 0.6 is 0 Å². The van der Waals surface area contributed by atoms with Gasteiger partial charge in [-0.2, -0.15) is 0 Å². The molecule has 0 spiro atoms. The molecule has 3 heteroatoms. The van der Waals surface area contributed by atoms with Crippen LogP contribution in [-0.4, -0.2) is 18.1 Å². The largest absolute Gasteiger partial charge is 0.372 e. The summed E-state index contributed by atoms with van der Waals surface area (Å²) < 4.78 is 0. The fourth-order valence-electron chi connectivity index (χ4n) is 1.51. The minimum atomic E-state index is 0.511. The third-order valence-electron chi connectivity index (χ3n) is 2.25. The number of hydrogen-bond acceptors (Lipinski definition) is 3. The van der Waals surface area contributed by atoms with Gasteiger partial charge in [0.2, 0.25) is 0 Å². The molecule has 1 heterocycles. The van der Waals surface area contributed by atoms with Crippen LogP contribution in [0.5, 0.6) is 0 Å². The summed E-state index contributed by atoms with van der Waals surface area (Å²) in [7, 11) is 0. The molecule has 1 aromatic heterocycles. The van der Waals surface area contributed by atoms with E-state index >= 15 is 0 Å². The number of nitrogens with two attached hydrogens (primary N) is 1. The zero-order chi connectivity index (χ0) is 10.4. The van der Waals surface area contributed by atoms with Crippen LogP contribution in [0.15, 0.2) is 18.3 Å². The van der Waals surface area contributed by atoms with Crippen LogP contribution in [0.4, 0.5) is 5.69 Å². The van der Waals surface area contributed by atoms with Crippen molar-refractivity contribution in [2.24, 2.45) is 5.73 Å². The average molecular weight is 193 g/mol. The van der Waals surface area contributed by atoms with E-state index in [0.717, 1.165) is 25.2 Å². The first-order valence-corrected chi connectivity index (χ1v) is 5.21. The molecule has 3 nitrogen and oxygen atoms in total. The molecule has 14 heavy (non-hydrogen) atoms. The molecule has 0 unspecified atom stereocenters. The first kappa shape index (κ1) is 11.0. The minimum Gasteiger partial charge on any atom is -0.372 e. The predicted octanol–water partition coefficient (Wildman–Crippen LogP) is 1.78. The second-order valence-electron chi connectivity index (χ2n) is 3.29. The van der Waals surface area contributed by atoms with Crippen molar-refractivity contribution in [3.8, 4) is 0 Å². The Balaban J connectivity index is 2.80. The van der Waals surface area contributed by atoms with E-state index in [0.29, 0.717) is 6.54 Å². The van der Waals surface area contributed by atoms with Crippen molar-refractivity contribution in [1.29, 1.82) is 0 Å². The summed E-state index contributed by atoms with van der Waals surface area (Å²) in [5.74, 6) is 0. The molecule has 0 aromatic carbocycles. The molecule has 0 fully saturated rings. The van der Waals surface area contributed by atoms with E-state index in [1.54, 1.807) is 0 Å². The highest BCUT2D eigenvalue weighted by Crippen LogP contribution is 2.14. The van der Waals surface area contributed by atoms with Crippen molar-refractivity contribution < 1.29 is 0 Å². The lowest BCUT2D eigenvalue weighted by molar-refractivity contribution is 0.789. The molecule has 78 valence electrons. The van der Waals surface area contributed by atoms with Crippen molar-refractivity contribution in [2.75, 3.05) is 18.0 Å². The number of anilines is 1. The van der Waals surface area contributed by atoms with Gasteiger partial charge in [-0.3, -0.25) is 4.98 Å². The van der Waals surface area contributed by atoms with Gasteiger partial charge in [-0.15, -0.1) is 0 Å². The van der Waals surface area contributed by atoms with Crippen LogP contribution < -0.4 is 10.6 Å². The fraction of sp³-hybridized carbons (Fsp3) is 0.545. The number of pyridine rings is 1. The Morgan fingerprint density at radius 1 is 1.43 bits per heavy atom. The Kier molecular flexibility index (Phi) is 4.40. The molecular weight excluding hydrogens is 174 g/mol. The molecule has 0 radical (unpaired) electrons. The maximum atomic E-state index is 5.55. The summed E-state index contributed by atoms with van der Waals surface area (Å²) >= 11 is 0. The minimum absolute atomic E-state index is 0.511. The molecule has 0 saturated carbocycles. The molecule has 0 bridgehead atoms. The molecule has 0 saturated heterocycles. The second-order valence-corrected chi connectivity index (χ2v) is 3.29. The number of aromatic nitrogens is 1. The van der Waals surface area contributed by atoms with Crippen LogP contribution in [0.3, 0.4) is 0 Å². The van der Waals surface area contributed by atoms with Gasteiger partial charge in [0.15, 0.2) is 0 Å². The Labute approximate surface area is 85.9 Å². The average Bonchev–Trinajstić information content (AvgIpc) is 2.26. The number of hydrogen-bond donors (Lipinski definition) is 1. The molecule has 0 amide bonds. The molecular formula is C11H19N3. The highest BCUT2D eigenvalue weighted by molar-refractivity contribution is 5.46. The Bertz CT molecular complexity index is 273. The van der Waals surface area contributed by atoms with E-state index in [9.17, 15) is 0 Å². The maximum absolute atomic E-state index is 5.55. The lowest BCUT2D eigenvalue weighted by atomic mass is 10.2. The van der Waals surface area contributed by atoms with Crippen LogP contribution in [-0.2, 0) is 6.54 Å². The highest BCUT2D eigenvalue weighted by atomic mass is 15.1. The second kappa shape index (κ2) is 5.60. The third-order valence-corrected chi connectivity index (χ3v) is 2.25. The van der Waals surface area contributed by atoms with Crippen molar-refractivity contribution in [3.63, 3.8) is 0 Å². The number of nitrogens with zero attached hydrogens (tertiary/aromatic N) is 2. The van der Waals surface area contributed by atoms with Crippen molar-refractivity contribution in [3.05, 3.63) is 24.0 Å². The maximum Gasteiger partial charge on any atom is 0.0560 e. The summed E-state index contributed by atoms with van der Waals surface area (Å²) in [6.07, 6.45) is 2.99. The van der Waals surface area contributed by atoms with Gasteiger partial charge in [-0.05, 0) is 25.5 Å². The van der Waals surface area contributed by atoms with E-state index in [2.05, 4.69) is 29.8 Å². The summed E-state index contributed by atoms with van der Waals surface area (Å²) in [6, 6.07) is 4.11. The Morgan fingerprint density at radius 3 is 2.79 bits per heavy atom. The summed E-state index contributed by atoms with van der Waals surface area (Å²) in [5, 5.41) is 0. The van der Waals surface area contributed by atoms with Gasteiger partial charge in [-0.1, -0.05) is 6.92 Å². The van der Waals surface area contributed by atoms with Crippen molar-refractivity contribution >= 4 is 5.69 Å². The normalized spacial score (nSPS) is 10.2. The van der Waals surface area contributed by atoms with E-state index in [1.807, 2.05) is 12.3 Å². The van der Waals surface area contributed by atoms with Gasteiger partial charge in [-0.25, -0.2) is 0 Å². The lowest BCUT2D eigenvalue weighted by Crippen LogP contribution is -2.23. The molecule has 0 atom stereocenters. The fourth-order valence-corrected chi connectivity index (χ4v) is 1.51. The SMILES string of the molecule is CCCN(CC)c1ccnc(CN)c1. The van der Waals surface area contributed by atoms with E-state index in [4.69, 9.17) is 5.73 Å². The van der Waals surface area contributed by atoms with E-state index in [-0.39, 0.29) is 0 Å². The third kappa shape index (κ3) is 2.70. The molecule has 1 rings (SSSR count). The van der Waals surface area contributed by atoms with Gasteiger partial charge < -0.3 is 10.6 Å². The van der Waals surface area contributed by atoms with Crippen molar-refractivity contribution in [2.45, 2.75) is 26.8 Å². The highest BCUT2D eigenvalue weighted by Gasteiger charge is 2.03. The quantitative estimate of drug-likeness (QED) is 0.775. The van der Waals surface area contributed by atoms with Gasteiger partial charge in [0.25, 0.3) is 0 Å². The molecule has 0 aliphatic carbocycles. The Hall–Kier alpha value is -1.09. The van der Waals surface area contributed by atoms with E-state index in [1.165, 1.54) is 5.69 Å². The molecule has 1 aromatic rings. The monoisotopic (exact) mass is 193 g/mol. The molecule has 0 aliphatic rings. The predicted molar refractivity (Wildman–Crippen MR) is 60.3 cm³/mol. The van der Waals surface area contributed by atoms with Crippen LogP contribution in [0.1, 0.15) is 26.0 Å². The topological polar surface area (TPSA) is 42.2 Å². The summed E-state index contributed by atoms with van der Waals surface area (Å²) in [5.41, 5.74) is 7.74. The van der Waals surface area contributed by atoms with Gasteiger partial charge >= 0.3 is 0 Å². The van der Waals surface area contributed by atoms with Crippen LogP contribution in [0.25, 0.3) is 0 Å². The Morgan fingerprint density at radius 2 is 2.21 bits per heavy atom. The zero-order valence-electron chi connectivity index (χ0n) is 9.03. The molecule has 0 aliphatic heterocycles. The number of rotatable bonds is 5. The molecule has 2 N–H and O–H groups in total. The van der Waals surface area contributed by atoms with Crippen LogP contribution in [0.2, 0.25) is 0 Å². The standard InChI is InChI=1S/C11H19N3/c1-3-7-14(4-2)11-5-6-13-10(8-11)9-12/h5-6,8H,3-4,7,9,12H2,1-2H3. The smallest absolute Gasteiger partial charge is 0.0560 e. The first-order valence-electron chi connectivity index (χ1n) is 5.21. The van der Waals surface area contributed by atoms with Gasteiger partial charge in [0.05, 0.1) is 5.69 Å². The van der Waals surface area contributed by atoms with Crippen LogP contribution in [0, 0.1) is 0 Å². The summed E-state index contributed by atoms with van der Waals surface area (Å²) in [4.78, 5) is 6.52. The lowest BCUT2D eigenvalue weighted by Gasteiger charge is -2.22. The first-order chi connectivity index (χ1) is 6.81. The van der Waals surface area contributed by atoms with Gasteiger partial charge in [0, 0.05) is 31.5 Å². The summed E-state index contributed by atoms with van der Waals surface area (Å²) in [6.45, 7) is 6.98. The van der Waals surface area contributed by atoms with Gasteiger partial charge in [0.1, 0.15) is 0 Å². The van der Waals surface area contributed by atoms with E-state index < -0.39 is 0 Å².